The van der Waals surface area contributed by atoms with Crippen LogP contribution >= 0.6 is 0 Å². The lowest BCUT2D eigenvalue weighted by Crippen LogP contribution is -2.34. The molecule has 6 nitrogen and oxygen atoms in total. The number of nitrogens with zero attached hydrogens (tertiary/aromatic N) is 2. The summed E-state index contributed by atoms with van der Waals surface area (Å²) >= 11 is 0. The fourth-order valence-corrected chi connectivity index (χ4v) is 2.62. The molecule has 0 aliphatic carbocycles. The smallest absolute Gasteiger partial charge is 0.378 e. The summed E-state index contributed by atoms with van der Waals surface area (Å²) in [7, 11) is 0. The zero-order valence-electron chi connectivity index (χ0n) is 12.9. The SMILES string of the molecule is Cc1cc(C(=O)O[C@H](C(=O)N2CCCC2)c2ccccc2)on1. The Morgan fingerprint density at radius 3 is 2.52 bits per heavy atom. The van der Waals surface area contributed by atoms with E-state index < -0.39 is 12.1 Å². The summed E-state index contributed by atoms with van der Waals surface area (Å²) in [5.74, 6) is -0.886. The number of benzene rings is 1. The van der Waals surface area contributed by atoms with Crippen molar-refractivity contribution in [1.82, 2.24) is 10.1 Å². The molecule has 2 aromatic rings. The lowest BCUT2D eigenvalue weighted by Gasteiger charge is -2.23. The highest BCUT2D eigenvalue weighted by Gasteiger charge is 2.32. The Hall–Kier alpha value is -2.63. The standard InChI is InChI=1S/C17H18N2O4/c1-12-11-14(23-18-12)17(21)22-15(13-7-3-2-4-8-13)16(20)19-9-5-6-10-19/h2-4,7-8,11,15H,5-6,9-10H2,1H3/t15-/m0/s1. The number of rotatable bonds is 4. The molecule has 0 spiro atoms. The van der Waals surface area contributed by atoms with Gasteiger partial charge in [0.1, 0.15) is 0 Å². The lowest BCUT2D eigenvalue weighted by molar-refractivity contribution is -0.140. The zero-order chi connectivity index (χ0) is 16.2. The normalized spacial score (nSPS) is 15.4. The maximum atomic E-state index is 12.7. The van der Waals surface area contributed by atoms with Gasteiger partial charge in [0, 0.05) is 24.7 Å². The lowest BCUT2D eigenvalue weighted by atomic mass is 10.1. The molecule has 23 heavy (non-hydrogen) atoms. The second-order valence-electron chi connectivity index (χ2n) is 5.56. The Morgan fingerprint density at radius 1 is 1.22 bits per heavy atom. The molecule has 2 heterocycles. The third-order valence-electron chi connectivity index (χ3n) is 3.80. The molecule has 3 rings (SSSR count). The van der Waals surface area contributed by atoms with Crippen molar-refractivity contribution in [1.29, 1.82) is 0 Å². The number of hydrogen-bond donors (Lipinski definition) is 0. The first-order valence-electron chi connectivity index (χ1n) is 7.63. The van der Waals surface area contributed by atoms with Crippen LogP contribution in [0.5, 0.6) is 0 Å². The van der Waals surface area contributed by atoms with Crippen LogP contribution in [0.3, 0.4) is 0 Å². The Balaban J connectivity index is 1.83. The molecule has 0 radical (unpaired) electrons. The second-order valence-corrected chi connectivity index (χ2v) is 5.56. The molecule has 1 atom stereocenters. The molecular weight excluding hydrogens is 296 g/mol. The van der Waals surface area contributed by atoms with Gasteiger partial charge in [-0.25, -0.2) is 4.79 Å². The highest BCUT2D eigenvalue weighted by atomic mass is 16.6. The number of hydrogen-bond acceptors (Lipinski definition) is 5. The predicted octanol–water partition coefficient (Wildman–Crippen LogP) is 2.50. The Kier molecular flexibility index (Phi) is 4.41. The molecule has 0 bridgehead atoms. The van der Waals surface area contributed by atoms with E-state index in [0.29, 0.717) is 24.3 Å². The van der Waals surface area contributed by atoms with E-state index in [1.807, 2.05) is 18.2 Å². The fraction of sp³-hybridized carbons (Fsp3) is 0.353. The molecule has 1 aromatic heterocycles. The maximum absolute atomic E-state index is 12.7. The van der Waals surface area contributed by atoms with E-state index >= 15 is 0 Å². The van der Waals surface area contributed by atoms with Crippen molar-refractivity contribution < 1.29 is 18.8 Å². The summed E-state index contributed by atoms with van der Waals surface area (Å²) in [5, 5.41) is 3.67. The van der Waals surface area contributed by atoms with E-state index in [2.05, 4.69) is 5.16 Å². The molecule has 1 fully saturated rings. The van der Waals surface area contributed by atoms with Crippen molar-refractivity contribution in [2.45, 2.75) is 25.9 Å². The number of esters is 1. The average molecular weight is 314 g/mol. The topological polar surface area (TPSA) is 72.6 Å². The summed E-state index contributed by atoms with van der Waals surface area (Å²) in [5.41, 5.74) is 1.23. The first-order valence-corrected chi connectivity index (χ1v) is 7.63. The Bertz CT molecular complexity index is 690. The van der Waals surface area contributed by atoms with Crippen molar-refractivity contribution in [3.05, 3.63) is 53.4 Å². The third-order valence-corrected chi connectivity index (χ3v) is 3.80. The summed E-state index contributed by atoms with van der Waals surface area (Å²) in [6.45, 7) is 3.10. The second kappa shape index (κ2) is 6.64. The Labute approximate surface area is 134 Å². The quantitative estimate of drug-likeness (QED) is 0.811. The van der Waals surface area contributed by atoms with Gasteiger partial charge in [-0.05, 0) is 19.8 Å². The number of carbonyl (C=O) groups is 2. The van der Waals surface area contributed by atoms with Crippen LogP contribution in [0.4, 0.5) is 0 Å². The number of aryl methyl sites for hydroxylation is 1. The van der Waals surface area contributed by atoms with E-state index in [4.69, 9.17) is 9.26 Å². The molecule has 1 aromatic carbocycles. The molecule has 1 saturated heterocycles. The van der Waals surface area contributed by atoms with Crippen molar-refractivity contribution in [2.24, 2.45) is 0 Å². The van der Waals surface area contributed by atoms with Gasteiger partial charge in [-0.3, -0.25) is 4.79 Å². The molecular formula is C17H18N2O4. The summed E-state index contributed by atoms with van der Waals surface area (Å²) in [6, 6.07) is 10.5. The van der Waals surface area contributed by atoms with Crippen molar-refractivity contribution >= 4 is 11.9 Å². The molecule has 0 unspecified atom stereocenters. The van der Waals surface area contributed by atoms with Crippen LogP contribution in [0.15, 0.2) is 40.9 Å². The van der Waals surface area contributed by atoms with E-state index in [1.165, 1.54) is 6.07 Å². The van der Waals surface area contributed by atoms with Gasteiger partial charge < -0.3 is 14.2 Å². The largest absolute Gasteiger partial charge is 0.441 e. The third kappa shape index (κ3) is 3.41. The van der Waals surface area contributed by atoms with Gasteiger partial charge >= 0.3 is 5.97 Å². The van der Waals surface area contributed by atoms with Crippen molar-refractivity contribution in [3.63, 3.8) is 0 Å². The van der Waals surface area contributed by atoms with Gasteiger partial charge in [0.05, 0.1) is 5.69 Å². The zero-order valence-corrected chi connectivity index (χ0v) is 12.9. The van der Waals surface area contributed by atoms with Crippen LogP contribution in [0.1, 0.15) is 40.8 Å². The molecule has 1 amide bonds. The van der Waals surface area contributed by atoms with Gasteiger partial charge in [-0.1, -0.05) is 35.5 Å². The van der Waals surface area contributed by atoms with Crippen LogP contribution in [0, 0.1) is 6.92 Å². The molecule has 0 saturated carbocycles. The number of likely N-dealkylation sites (tertiary alicyclic amines) is 1. The van der Waals surface area contributed by atoms with Crippen LogP contribution in [0.2, 0.25) is 0 Å². The van der Waals surface area contributed by atoms with Crippen LogP contribution in [0.25, 0.3) is 0 Å². The first-order chi connectivity index (χ1) is 11.1. The van der Waals surface area contributed by atoms with E-state index in [1.54, 1.807) is 24.0 Å². The summed E-state index contributed by atoms with van der Waals surface area (Å²) in [6.07, 6.45) is 0.984. The van der Waals surface area contributed by atoms with Gasteiger partial charge in [0.25, 0.3) is 5.91 Å². The molecule has 0 N–H and O–H groups in total. The average Bonchev–Trinajstić information content (AvgIpc) is 3.24. The first kappa shape index (κ1) is 15.3. The number of aromatic nitrogens is 1. The van der Waals surface area contributed by atoms with Gasteiger partial charge in [0.2, 0.25) is 11.9 Å². The minimum atomic E-state index is -0.966. The maximum Gasteiger partial charge on any atom is 0.378 e. The van der Waals surface area contributed by atoms with Gasteiger partial charge in [-0.15, -0.1) is 0 Å². The number of ether oxygens (including phenoxy) is 1. The fourth-order valence-electron chi connectivity index (χ4n) is 2.62. The predicted molar refractivity (Wildman–Crippen MR) is 81.7 cm³/mol. The van der Waals surface area contributed by atoms with Gasteiger partial charge in [-0.2, -0.15) is 0 Å². The number of amides is 1. The van der Waals surface area contributed by atoms with E-state index in [9.17, 15) is 9.59 Å². The number of carbonyl (C=O) groups excluding carboxylic acids is 2. The van der Waals surface area contributed by atoms with E-state index in [0.717, 1.165) is 12.8 Å². The van der Waals surface area contributed by atoms with Crippen LogP contribution in [-0.4, -0.2) is 35.0 Å². The van der Waals surface area contributed by atoms with Crippen molar-refractivity contribution in [3.8, 4) is 0 Å². The summed E-state index contributed by atoms with van der Waals surface area (Å²) in [4.78, 5) is 26.7. The summed E-state index contributed by atoms with van der Waals surface area (Å²) < 4.78 is 10.4. The highest BCUT2D eigenvalue weighted by Crippen LogP contribution is 2.24. The Morgan fingerprint density at radius 2 is 1.91 bits per heavy atom. The molecule has 1 aliphatic heterocycles. The minimum absolute atomic E-state index is 0.00217. The monoisotopic (exact) mass is 314 g/mol. The molecule has 6 heteroatoms. The molecule has 1 aliphatic rings. The molecule has 120 valence electrons. The van der Waals surface area contributed by atoms with Crippen molar-refractivity contribution in [2.75, 3.05) is 13.1 Å². The minimum Gasteiger partial charge on any atom is -0.441 e. The van der Waals surface area contributed by atoms with Gasteiger partial charge in [0.15, 0.2) is 0 Å². The van der Waals surface area contributed by atoms with Crippen LogP contribution < -0.4 is 0 Å². The van der Waals surface area contributed by atoms with E-state index in [-0.39, 0.29) is 11.7 Å². The van der Waals surface area contributed by atoms with Crippen LogP contribution in [-0.2, 0) is 9.53 Å². The highest BCUT2D eigenvalue weighted by molar-refractivity contribution is 5.90.